The molecule has 31 heavy (non-hydrogen) atoms. The summed E-state index contributed by atoms with van der Waals surface area (Å²) >= 11 is 1.38. The van der Waals surface area contributed by atoms with E-state index in [1.807, 2.05) is 54.8 Å². The third-order valence-electron chi connectivity index (χ3n) is 5.73. The normalized spacial score (nSPS) is 15.4. The molecule has 2 heterocycles. The van der Waals surface area contributed by atoms with Crippen LogP contribution < -0.4 is 5.32 Å². The third kappa shape index (κ3) is 5.25. The van der Waals surface area contributed by atoms with Crippen molar-refractivity contribution in [3.63, 3.8) is 0 Å². The van der Waals surface area contributed by atoms with Gasteiger partial charge in [0.05, 0.1) is 4.88 Å². The van der Waals surface area contributed by atoms with Crippen LogP contribution in [0.5, 0.6) is 0 Å². The van der Waals surface area contributed by atoms with Gasteiger partial charge in [-0.25, -0.2) is 0 Å². The fourth-order valence-corrected chi connectivity index (χ4v) is 4.83. The van der Waals surface area contributed by atoms with E-state index in [2.05, 4.69) is 5.32 Å². The lowest BCUT2D eigenvalue weighted by atomic mass is 9.95. The van der Waals surface area contributed by atoms with Crippen LogP contribution in [-0.2, 0) is 11.3 Å². The Bertz CT molecular complexity index is 991. The second kappa shape index (κ2) is 9.96. The van der Waals surface area contributed by atoms with Crippen molar-refractivity contribution in [3.8, 4) is 0 Å². The van der Waals surface area contributed by atoms with E-state index in [0.29, 0.717) is 22.9 Å². The van der Waals surface area contributed by atoms with Crippen LogP contribution in [0.2, 0.25) is 0 Å². The van der Waals surface area contributed by atoms with Crippen LogP contribution >= 0.6 is 11.3 Å². The number of carbonyl (C=O) groups is 2. The maximum atomic E-state index is 13.6. The average molecular weight is 437 g/mol. The van der Waals surface area contributed by atoms with Gasteiger partial charge in [-0.3, -0.25) is 9.59 Å². The second-order valence-electron chi connectivity index (χ2n) is 8.09. The van der Waals surface area contributed by atoms with E-state index in [-0.39, 0.29) is 17.9 Å². The number of rotatable bonds is 7. The van der Waals surface area contributed by atoms with E-state index in [9.17, 15) is 9.59 Å². The molecule has 1 saturated carbocycles. The zero-order valence-corrected chi connectivity index (χ0v) is 18.6. The molecule has 162 valence electrons. The molecule has 4 rings (SSSR count). The summed E-state index contributed by atoms with van der Waals surface area (Å²) in [6.45, 7) is 2.17. The molecule has 0 radical (unpaired) electrons. The van der Waals surface area contributed by atoms with Crippen molar-refractivity contribution in [1.82, 2.24) is 10.2 Å². The molecular formula is C25H28N2O3S. The Labute approximate surface area is 187 Å². The smallest absolute Gasteiger partial charge is 0.265 e. The summed E-state index contributed by atoms with van der Waals surface area (Å²) in [4.78, 5) is 29.4. The molecule has 0 bridgehead atoms. The minimum atomic E-state index is -0.828. The number of nitrogens with one attached hydrogen (secondary N) is 1. The molecule has 3 aromatic rings. The summed E-state index contributed by atoms with van der Waals surface area (Å²) < 4.78 is 5.89. The van der Waals surface area contributed by atoms with Crippen LogP contribution in [0.4, 0.5) is 0 Å². The van der Waals surface area contributed by atoms with E-state index < -0.39 is 6.04 Å². The molecular weight excluding hydrogens is 408 g/mol. The molecule has 1 aliphatic carbocycles. The Balaban J connectivity index is 1.69. The van der Waals surface area contributed by atoms with Gasteiger partial charge >= 0.3 is 0 Å². The van der Waals surface area contributed by atoms with Crippen LogP contribution in [0.3, 0.4) is 0 Å². The van der Waals surface area contributed by atoms with Crippen LogP contribution in [0.15, 0.2) is 64.4 Å². The molecule has 2 aromatic heterocycles. The second-order valence-corrected chi connectivity index (χ2v) is 9.04. The van der Waals surface area contributed by atoms with Gasteiger partial charge in [0.15, 0.2) is 6.04 Å². The predicted octanol–water partition coefficient (Wildman–Crippen LogP) is 5.48. The Morgan fingerprint density at radius 2 is 1.84 bits per heavy atom. The van der Waals surface area contributed by atoms with Gasteiger partial charge in [-0.15, -0.1) is 11.3 Å². The number of carbonyl (C=O) groups excluding carboxylic acids is 2. The number of thiophene rings is 1. The van der Waals surface area contributed by atoms with Gasteiger partial charge in [-0.2, -0.15) is 0 Å². The molecule has 6 heteroatoms. The summed E-state index contributed by atoms with van der Waals surface area (Å²) in [5.41, 5.74) is 0.964. The molecule has 0 unspecified atom stereocenters. The Morgan fingerprint density at radius 3 is 2.48 bits per heavy atom. The quantitative estimate of drug-likeness (QED) is 0.533. The Morgan fingerprint density at radius 1 is 1.06 bits per heavy atom. The number of hydrogen-bond donors (Lipinski definition) is 1. The molecule has 0 aliphatic heterocycles. The van der Waals surface area contributed by atoms with Crippen molar-refractivity contribution >= 4 is 23.2 Å². The number of furan rings is 1. The molecule has 0 spiro atoms. The van der Waals surface area contributed by atoms with Crippen molar-refractivity contribution in [2.24, 2.45) is 0 Å². The van der Waals surface area contributed by atoms with Crippen molar-refractivity contribution in [2.45, 2.75) is 57.7 Å². The lowest BCUT2D eigenvalue weighted by molar-refractivity contribution is -0.127. The molecule has 1 aliphatic rings. The molecule has 1 aromatic carbocycles. The number of amides is 2. The fourth-order valence-electron chi connectivity index (χ4n) is 4.15. The molecule has 1 N–H and O–H groups in total. The topological polar surface area (TPSA) is 62.6 Å². The summed E-state index contributed by atoms with van der Waals surface area (Å²) in [7, 11) is 0. The first-order valence-electron chi connectivity index (χ1n) is 10.9. The summed E-state index contributed by atoms with van der Waals surface area (Å²) in [6, 6.07) is 16.4. The molecule has 2 amide bonds. The lowest BCUT2D eigenvalue weighted by Crippen LogP contribution is -2.46. The summed E-state index contributed by atoms with van der Waals surface area (Å²) in [5.74, 6) is 0.860. The number of benzene rings is 1. The highest BCUT2D eigenvalue weighted by molar-refractivity contribution is 7.12. The van der Waals surface area contributed by atoms with Crippen molar-refractivity contribution < 1.29 is 14.0 Å². The minimum absolute atomic E-state index is 0.148. The fraction of sp³-hybridized carbons (Fsp3) is 0.360. The highest BCUT2D eigenvalue weighted by atomic mass is 32.1. The minimum Gasteiger partial charge on any atom is -0.464 e. The number of hydrogen-bond acceptors (Lipinski definition) is 4. The van der Waals surface area contributed by atoms with Crippen LogP contribution in [0.1, 0.15) is 64.9 Å². The van der Waals surface area contributed by atoms with Crippen molar-refractivity contribution in [2.75, 3.05) is 0 Å². The molecule has 1 atom stereocenters. The van der Waals surface area contributed by atoms with Gasteiger partial charge in [0, 0.05) is 12.6 Å². The zero-order chi connectivity index (χ0) is 21.6. The number of aryl methyl sites for hydroxylation is 1. The summed E-state index contributed by atoms with van der Waals surface area (Å²) in [5, 5.41) is 5.08. The standard InChI is InChI=1S/C25H28N2O3S/c1-18-14-15-21(30-18)23(24(28)26-20-11-6-3-7-12-20)27(17-19-9-4-2-5-10-19)25(29)22-13-8-16-31-22/h2,4-5,8-10,13-16,20,23H,3,6-7,11-12,17H2,1H3,(H,26,28)/t23-/m0/s1. The monoisotopic (exact) mass is 436 g/mol. The first kappa shape index (κ1) is 21.4. The first-order chi connectivity index (χ1) is 15.1. The average Bonchev–Trinajstić information content (AvgIpc) is 3.46. The summed E-state index contributed by atoms with van der Waals surface area (Å²) in [6.07, 6.45) is 5.42. The lowest BCUT2D eigenvalue weighted by Gasteiger charge is -2.32. The highest BCUT2D eigenvalue weighted by Crippen LogP contribution is 2.29. The van der Waals surface area contributed by atoms with E-state index in [0.717, 1.165) is 31.2 Å². The SMILES string of the molecule is Cc1ccc([C@@H](C(=O)NC2CCCCC2)N(Cc2ccccc2)C(=O)c2cccs2)o1. The van der Waals surface area contributed by atoms with E-state index >= 15 is 0 Å². The molecule has 1 fully saturated rings. The third-order valence-corrected chi connectivity index (χ3v) is 6.59. The van der Waals surface area contributed by atoms with Gasteiger partial charge in [-0.1, -0.05) is 55.7 Å². The first-order valence-corrected chi connectivity index (χ1v) is 11.7. The van der Waals surface area contributed by atoms with Gasteiger partial charge in [-0.05, 0) is 48.9 Å². The maximum absolute atomic E-state index is 13.6. The van der Waals surface area contributed by atoms with Gasteiger partial charge in [0.1, 0.15) is 11.5 Å². The zero-order valence-electron chi connectivity index (χ0n) is 17.8. The molecule has 5 nitrogen and oxygen atoms in total. The van der Waals surface area contributed by atoms with E-state index in [1.165, 1.54) is 17.8 Å². The van der Waals surface area contributed by atoms with Crippen LogP contribution in [-0.4, -0.2) is 22.8 Å². The van der Waals surface area contributed by atoms with E-state index in [1.54, 1.807) is 17.0 Å². The van der Waals surface area contributed by atoms with Gasteiger partial charge in [0.25, 0.3) is 11.8 Å². The number of nitrogens with zero attached hydrogens (tertiary/aromatic N) is 1. The van der Waals surface area contributed by atoms with Gasteiger partial charge in [0.2, 0.25) is 0 Å². The highest BCUT2D eigenvalue weighted by Gasteiger charge is 2.36. The van der Waals surface area contributed by atoms with Crippen LogP contribution in [0, 0.1) is 6.92 Å². The largest absolute Gasteiger partial charge is 0.464 e. The van der Waals surface area contributed by atoms with Crippen LogP contribution in [0.25, 0.3) is 0 Å². The van der Waals surface area contributed by atoms with E-state index in [4.69, 9.17) is 4.42 Å². The predicted molar refractivity (Wildman–Crippen MR) is 122 cm³/mol. The molecule has 0 saturated heterocycles. The van der Waals surface area contributed by atoms with Gasteiger partial charge < -0.3 is 14.6 Å². The Kier molecular flexibility index (Phi) is 6.87. The van der Waals surface area contributed by atoms with Crippen molar-refractivity contribution in [3.05, 3.63) is 81.9 Å². The maximum Gasteiger partial charge on any atom is 0.265 e. The Hall–Kier alpha value is -2.86. The van der Waals surface area contributed by atoms with Crippen molar-refractivity contribution in [1.29, 1.82) is 0 Å².